The van der Waals surface area contributed by atoms with Crippen molar-refractivity contribution in [1.29, 1.82) is 0 Å². The van der Waals surface area contributed by atoms with Crippen molar-refractivity contribution in [3.05, 3.63) is 59.8 Å². The molecule has 0 saturated heterocycles. The van der Waals surface area contributed by atoms with Gasteiger partial charge in [0.1, 0.15) is 19.0 Å². The van der Waals surface area contributed by atoms with Gasteiger partial charge in [-0.15, -0.1) is 0 Å². The molecule has 2 heterocycles. The lowest BCUT2D eigenvalue weighted by Gasteiger charge is -2.18. The number of aryl methyl sites for hydroxylation is 1. The zero-order valence-corrected chi connectivity index (χ0v) is 13.5. The average Bonchev–Trinajstić information content (AvgIpc) is 3.12. The third-order valence-corrected chi connectivity index (χ3v) is 3.75. The van der Waals surface area contributed by atoms with Crippen molar-refractivity contribution in [3.63, 3.8) is 0 Å². The van der Waals surface area contributed by atoms with Crippen molar-refractivity contribution in [2.24, 2.45) is 0 Å². The lowest BCUT2D eigenvalue weighted by atomic mass is 10.1. The quantitative estimate of drug-likeness (QED) is 0.537. The van der Waals surface area contributed by atoms with Crippen LogP contribution in [-0.4, -0.2) is 24.3 Å². The predicted molar refractivity (Wildman–Crippen MR) is 89.1 cm³/mol. The molecule has 0 unspecified atom stereocenters. The molecule has 1 aromatic heterocycles. The molecular formula is C19H15NO5. The molecule has 0 spiro atoms. The van der Waals surface area contributed by atoms with E-state index in [0.29, 0.717) is 36.2 Å². The summed E-state index contributed by atoms with van der Waals surface area (Å²) in [5.74, 6) is 1.68. The summed E-state index contributed by atoms with van der Waals surface area (Å²) in [5.41, 5.74) is 1.85. The molecule has 25 heavy (non-hydrogen) atoms. The van der Waals surface area contributed by atoms with Crippen LogP contribution in [0.15, 0.2) is 53.1 Å². The molecule has 0 aliphatic carbocycles. The van der Waals surface area contributed by atoms with Crippen LogP contribution in [0.3, 0.4) is 0 Å². The van der Waals surface area contributed by atoms with E-state index in [1.54, 1.807) is 30.3 Å². The maximum Gasteiger partial charge on any atom is 0.365 e. The van der Waals surface area contributed by atoms with Gasteiger partial charge in [0.15, 0.2) is 23.0 Å². The summed E-state index contributed by atoms with van der Waals surface area (Å²) in [4.78, 5) is 12.2. The van der Waals surface area contributed by atoms with Crippen molar-refractivity contribution >= 4 is 5.97 Å². The Morgan fingerprint density at radius 3 is 2.72 bits per heavy atom. The first-order valence-corrected chi connectivity index (χ1v) is 7.85. The van der Waals surface area contributed by atoms with Gasteiger partial charge in [-0.25, -0.2) is 4.79 Å². The highest BCUT2D eigenvalue weighted by atomic mass is 16.6. The maximum atomic E-state index is 12.2. The van der Waals surface area contributed by atoms with Crippen LogP contribution in [0.1, 0.15) is 16.1 Å². The Bertz CT molecular complexity index is 931. The standard InChI is InChI=1S/C19H15NO5/c1-12-3-2-4-14(9-12)24-19(21)15-11-17(25-20-15)13-5-6-16-18(10-13)23-8-7-22-16/h2-6,9-11H,7-8H2,1H3. The van der Waals surface area contributed by atoms with E-state index in [-0.39, 0.29) is 5.69 Å². The summed E-state index contributed by atoms with van der Waals surface area (Å²) in [6, 6.07) is 14.2. The number of nitrogens with zero attached hydrogens (tertiary/aromatic N) is 1. The van der Waals surface area contributed by atoms with Crippen molar-refractivity contribution in [2.45, 2.75) is 6.92 Å². The number of rotatable bonds is 3. The van der Waals surface area contributed by atoms with Crippen LogP contribution >= 0.6 is 0 Å². The van der Waals surface area contributed by atoms with E-state index >= 15 is 0 Å². The first-order chi connectivity index (χ1) is 12.2. The molecule has 0 atom stereocenters. The minimum Gasteiger partial charge on any atom is -0.486 e. The Morgan fingerprint density at radius 2 is 1.88 bits per heavy atom. The molecule has 3 aromatic rings. The van der Waals surface area contributed by atoms with Crippen molar-refractivity contribution in [2.75, 3.05) is 13.2 Å². The Balaban J connectivity index is 1.54. The molecule has 0 saturated carbocycles. The van der Waals surface area contributed by atoms with Gasteiger partial charge in [0.25, 0.3) is 0 Å². The van der Waals surface area contributed by atoms with Crippen LogP contribution in [0.4, 0.5) is 0 Å². The Labute approximate surface area is 143 Å². The van der Waals surface area contributed by atoms with Gasteiger partial charge in [-0.3, -0.25) is 0 Å². The van der Waals surface area contributed by atoms with Crippen LogP contribution in [0, 0.1) is 6.92 Å². The van der Waals surface area contributed by atoms with Gasteiger partial charge in [0, 0.05) is 11.6 Å². The number of ether oxygens (including phenoxy) is 3. The summed E-state index contributed by atoms with van der Waals surface area (Å²) in [7, 11) is 0. The summed E-state index contributed by atoms with van der Waals surface area (Å²) >= 11 is 0. The minimum atomic E-state index is -0.571. The second kappa shape index (κ2) is 6.32. The second-order valence-electron chi connectivity index (χ2n) is 5.64. The van der Waals surface area contributed by atoms with Gasteiger partial charge in [-0.05, 0) is 42.8 Å². The number of fused-ring (bicyclic) bond motifs is 1. The number of hydrogen-bond donors (Lipinski definition) is 0. The molecule has 0 radical (unpaired) electrons. The van der Waals surface area contributed by atoms with Crippen molar-refractivity contribution in [1.82, 2.24) is 5.16 Å². The van der Waals surface area contributed by atoms with Crippen molar-refractivity contribution in [3.8, 4) is 28.6 Å². The van der Waals surface area contributed by atoms with E-state index in [1.807, 2.05) is 25.1 Å². The highest BCUT2D eigenvalue weighted by molar-refractivity contribution is 5.90. The number of aromatic nitrogens is 1. The highest BCUT2D eigenvalue weighted by Gasteiger charge is 2.18. The first-order valence-electron chi connectivity index (χ1n) is 7.85. The van der Waals surface area contributed by atoms with E-state index in [0.717, 1.165) is 11.1 Å². The summed E-state index contributed by atoms with van der Waals surface area (Å²) in [5, 5.41) is 3.80. The second-order valence-corrected chi connectivity index (χ2v) is 5.64. The molecular weight excluding hydrogens is 322 g/mol. The Kier molecular flexibility index (Phi) is 3.85. The summed E-state index contributed by atoms with van der Waals surface area (Å²) < 4.78 is 21.6. The zero-order valence-electron chi connectivity index (χ0n) is 13.5. The lowest BCUT2D eigenvalue weighted by molar-refractivity contribution is 0.0724. The van der Waals surface area contributed by atoms with E-state index in [1.165, 1.54) is 0 Å². The molecule has 1 aliphatic heterocycles. The van der Waals surface area contributed by atoms with E-state index in [2.05, 4.69) is 5.16 Å². The molecule has 4 rings (SSSR count). The van der Waals surface area contributed by atoms with E-state index < -0.39 is 5.97 Å². The summed E-state index contributed by atoms with van der Waals surface area (Å²) in [6.07, 6.45) is 0. The van der Waals surface area contributed by atoms with Gasteiger partial charge < -0.3 is 18.7 Å². The zero-order chi connectivity index (χ0) is 17.2. The van der Waals surface area contributed by atoms with Gasteiger partial charge in [0.2, 0.25) is 0 Å². The third kappa shape index (κ3) is 3.19. The van der Waals surface area contributed by atoms with Crippen LogP contribution in [0.2, 0.25) is 0 Å². The molecule has 2 aromatic carbocycles. The Hall–Kier alpha value is -3.28. The molecule has 1 aliphatic rings. The fourth-order valence-electron chi connectivity index (χ4n) is 2.54. The largest absolute Gasteiger partial charge is 0.486 e. The van der Waals surface area contributed by atoms with E-state index in [9.17, 15) is 4.79 Å². The number of carbonyl (C=O) groups is 1. The normalized spacial score (nSPS) is 12.7. The molecule has 0 bridgehead atoms. The number of carbonyl (C=O) groups excluding carboxylic acids is 1. The molecule has 0 amide bonds. The van der Waals surface area contributed by atoms with Gasteiger partial charge >= 0.3 is 5.97 Å². The van der Waals surface area contributed by atoms with E-state index in [4.69, 9.17) is 18.7 Å². The van der Waals surface area contributed by atoms with Gasteiger partial charge in [0.05, 0.1) is 0 Å². The number of benzene rings is 2. The average molecular weight is 337 g/mol. The van der Waals surface area contributed by atoms with Crippen LogP contribution in [-0.2, 0) is 0 Å². The third-order valence-electron chi connectivity index (χ3n) is 3.75. The molecule has 0 fully saturated rings. The van der Waals surface area contributed by atoms with Crippen molar-refractivity contribution < 1.29 is 23.5 Å². The maximum absolute atomic E-state index is 12.2. The molecule has 6 heteroatoms. The smallest absolute Gasteiger partial charge is 0.365 e. The van der Waals surface area contributed by atoms with Crippen LogP contribution in [0.25, 0.3) is 11.3 Å². The Morgan fingerprint density at radius 1 is 1.04 bits per heavy atom. The SMILES string of the molecule is Cc1cccc(OC(=O)c2cc(-c3ccc4c(c3)OCCO4)on2)c1. The highest BCUT2D eigenvalue weighted by Crippen LogP contribution is 2.34. The topological polar surface area (TPSA) is 70.8 Å². The minimum absolute atomic E-state index is 0.103. The van der Waals surface area contributed by atoms with Gasteiger partial charge in [-0.2, -0.15) is 0 Å². The molecule has 0 N–H and O–H groups in total. The molecule has 126 valence electrons. The first kappa shape index (κ1) is 15.3. The monoisotopic (exact) mass is 337 g/mol. The fraction of sp³-hybridized carbons (Fsp3) is 0.158. The van der Waals surface area contributed by atoms with Crippen LogP contribution in [0.5, 0.6) is 17.2 Å². The predicted octanol–water partition coefficient (Wildman–Crippen LogP) is 3.64. The lowest BCUT2D eigenvalue weighted by Crippen LogP contribution is -2.15. The number of esters is 1. The molecule has 6 nitrogen and oxygen atoms in total. The summed E-state index contributed by atoms with van der Waals surface area (Å²) in [6.45, 7) is 2.96. The fourth-order valence-corrected chi connectivity index (χ4v) is 2.54. The number of hydrogen-bond acceptors (Lipinski definition) is 6. The van der Waals surface area contributed by atoms with Crippen LogP contribution < -0.4 is 14.2 Å². The van der Waals surface area contributed by atoms with Gasteiger partial charge in [-0.1, -0.05) is 17.3 Å².